The van der Waals surface area contributed by atoms with E-state index < -0.39 is 0 Å². The van der Waals surface area contributed by atoms with Gasteiger partial charge in [0.1, 0.15) is 0 Å². The molecule has 0 aliphatic heterocycles. The van der Waals surface area contributed by atoms with Crippen molar-refractivity contribution in [3.63, 3.8) is 0 Å². The van der Waals surface area contributed by atoms with Gasteiger partial charge in [-0.25, -0.2) is 0 Å². The number of carbonyl (C=O) groups excluding carboxylic acids is 1. The Morgan fingerprint density at radius 2 is 2.12 bits per heavy atom. The molecular weight excluding hydrogens is 224 g/mol. The summed E-state index contributed by atoms with van der Waals surface area (Å²) in [6, 6.07) is 7.97. The quantitative estimate of drug-likeness (QED) is 0.870. The van der Waals surface area contributed by atoms with Gasteiger partial charge in [-0.2, -0.15) is 0 Å². The summed E-state index contributed by atoms with van der Waals surface area (Å²) in [4.78, 5) is 13.5. The molecule has 16 heavy (non-hydrogen) atoms. The number of carbonyl (C=O) groups is 1. The van der Waals surface area contributed by atoms with Crippen LogP contribution in [0.1, 0.15) is 18.4 Å². The first kappa shape index (κ1) is 11.4. The predicted molar refractivity (Wildman–Crippen MR) is 64.1 cm³/mol. The van der Waals surface area contributed by atoms with Crippen molar-refractivity contribution in [1.29, 1.82) is 0 Å². The molecule has 1 fully saturated rings. The molecule has 0 unspecified atom stereocenters. The molecule has 1 saturated carbocycles. The van der Waals surface area contributed by atoms with Crippen LogP contribution in [0.3, 0.4) is 0 Å². The van der Waals surface area contributed by atoms with E-state index in [9.17, 15) is 4.79 Å². The molecule has 1 amide bonds. The highest BCUT2D eigenvalue weighted by molar-refractivity contribution is 6.31. The number of hydrogen-bond donors (Lipinski definition) is 1. The molecule has 2 rings (SSSR count). The van der Waals surface area contributed by atoms with E-state index in [1.807, 2.05) is 29.2 Å². The fourth-order valence-electron chi connectivity index (χ4n) is 1.73. The summed E-state index contributed by atoms with van der Waals surface area (Å²) in [5.74, 6) is 0.00224. The third-order valence-corrected chi connectivity index (χ3v) is 3.15. The molecule has 4 heteroatoms. The third-order valence-electron chi connectivity index (χ3n) is 2.78. The van der Waals surface area contributed by atoms with E-state index in [0.717, 1.165) is 18.4 Å². The van der Waals surface area contributed by atoms with E-state index >= 15 is 0 Å². The minimum Gasteiger partial charge on any atom is -0.334 e. The van der Waals surface area contributed by atoms with Crippen LogP contribution in [0.2, 0.25) is 5.02 Å². The van der Waals surface area contributed by atoms with Gasteiger partial charge in [-0.3, -0.25) is 4.79 Å². The maximum atomic E-state index is 11.7. The van der Waals surface area contributed by atoms with Gasteiger partial charge in [-0.05, 0) is 24.5 Å². The average molecular weight is 239 g/mol. The van der Waals surface area contributed by atoms with E-state index in [-0.39, 0.29) is 12.5 Å². The van der Waals surface area contributed by atoms with Gasteiger partial charge in [-0.1, -0.05) is 29.8 Å². The molecule has 0 spiro atoms. The van der Waals surface area contributed by atoms with E-state index in [1.54, 1.807) is 0 Å². The second-order valence-electron chi connectivity index (χ2n) is 4.05. The van der Waals surface area contributed by atoms with E-state index in [4.69, 9.17) is 17.3 Å². The van der Waals surface area contributed by atoms with Crippen LogP contribution < -0.4 is 5.73 Å². The van der Waals surface area contributed by atoms with Crippen molar-refractivity contribution in [3.05, 3.63) is 34.9 Å². The van der Waals surface area contributed by atoms with Crippen LogP contribution in [0.15, 0.2) is 24.3 Å². The molecule has 3 nitrogen and oxygen atoms in total. The number of halogens is 1. The summed E-state index contributed by atoms with van der Waals surface area (Å²) in [5.41, 5.74) is 6.39. The van der Waals surface area contributed by atoms with Gasteiger partial charge in [0.05, 0.1) is 6.54 Å². The van der Waals surface area contributed by atoms with Crippen LogP contribution in [0, 0.1) is 0 Å². The molecule has 0 heterocycles. The average Bonchev–Trinajstić information content (AvgIpc) is 3.11. The number of nitrogens with two attached hydrogens (primary N) is 1. The Kier molecular flexibility index (Phi) is 3.46. The van der Waals surface area contributed by atoms with Crippen LogP contribution in [-0.4, -0.2) is 23.4 Å². The normalized spacial score (nSPS) is 14.9. The SMILES string of the molecule is NCC(=O)N(Cc1ccccc1Cl)C1CC1. The highest BCUT2D eigenvalue weighted by Gasteiger charge is 2.32. The summed E-state index contributed by atoms with van der Waals surface area (Å²) in [6.45, 7) is 0.640. The largest absolute Gasteiger partial charge is 0.334 e. The van der Waals surface area contributed by atoms with Gasteiger partial charge >= 0.3 is 0 Å². The van der Waals surface area contributed by atoms with Crippen molar-refractivity contribution < 1.29 is 4.79 Å². The zero-order valence-electron chi connectivity index (χ0n) is 9.03. The zero-order chi connectivity index (χ0) is 11.5. The first-order valence-corrected chi connectivity index (χ1v) is 5.83. The van der Waals surface area contributed by atoms with Crippen LogP contribution in [0.4, 0.5) is 0 Å². The lowest BCUT2D eigenvalue weighted by Gasteiger charge is -2.22. The summed E-state index contributed by atoms with van der Waals surface area (Å²) >= 11 is 6.07. The smallest absolute Gasteiger partial charge is 0.236 e. The van der Waals surface area contributed by atoms with Crippen LogP contribution in [0.25, 0.3) is 0 Å². The number of hydrogen-bond acceptors (Lipinski definition) is 2. The molecular formula is C12H15ClN2O. The Labute approximate surface area is 100 Å². The lowest BCUT2D eigenvalue weighted by atomic mass is 10.2. The molecule has 0 atom stereocenters. The van der Waals surface area contributed by atoms with E-state index in [0.29, 0.717) is 17.6 Å². The molecule has 1 aliphatic rings. The maximum absolute atomic E-state index is 11.7. The topological polar surface area (TPSA) is 46.3 Å². The standard InChI is InChI=1S/C12H15ClN2O/c13-11-4-2-1-3-9(11)8-15(10-5-6-10)12(16)7-14/h1-4,10H,5-8,14H2. The summed E-state index contributed by atoms with van der Waals surface area (Å²) < 4.78 is 0. The molecule has 0 bridgehead atoms. The molecule has 0 saturated heterocycles. The minimum atomic E-state index is 0.00224. The van der Waals surface area contributed by atoms with Crippen LogP contribution in [0.5, 0.6) is 0 Å². The zero-order valence-corrected chi connectivity index (χ0v) is 9.78. The Balaban J connectivity index is 2.11. The molecule has 2 N–H and O–H groups in total. The fourth-order valence-corrected chi connectivity index (χ4v) is 1.93. The second-order valence-corrected chi connectivity index (χ2v) is 4.46. The Morgan fingerprint density at radius 1 is 1.44 bits per heavy atom. The van der Waals surface area contributed by atoms with Crippen molar-refractivity contribution in [2.45, 2.75) is 25.4 Å². The first-order chi connectivity index (χ1) is 7.72. The number of rotatable bonds is 4. The van der Waals surface area contributed by atoms with Gasteiger partial charge in [0, 0.05) is 17.6 Å². The monoisotopic (exact) mass is 238 g/mol. The maximum Gasteiger partial charge on any atom is 0.236 e. The molecule has 1 aliphatic carbocycles. The Bertz CT molecular complexity index is 390. The Hall–Kier alpha value is -1.06. The third kappa shape index (κ3) is 2.54. The minimum absolute atomic E-state index is 0.00224. The lowest BCUT2D eigenvalue weighted by molar-refractivity contribution is -0.130. The summed E-state index contributed by atoms with van der Waals surface area (Å²) in [7, 11) is 0. The number of amides is 1. The van der Waals surface area contributed by atoms with Crippen LogP contribution >= 0.6 is 11.6 Å². The van der Waals surface area contributed by atoms with Crippen molar-refractivity contribution in [2.24, 2.45) is 5.73 Å². The van der Waals surface area contributed by atoms with Crippen molar-refractivity contribution in [3.8, 4) is 0 Å². The highest BCUT2D eigenvalue weighted by atomic mass is 35.5. The van der Waals surface area contributed by atoms with Gasteiger partial charge in [0.25, 0.3) is 0 Å². The van der Waals surface area contributed by atoms with Gasteiger partial charge in [-0.15, -0.1) is 0 Å². The van der Waals surface area contributed by atoms with Crippen LogP contribution in [-0.2, 0) is 11.3 Å². The lowest BCUT2D eigenvalue weighted by Crippen LogP contribution is -2.37. The Morgan fingerprint density at radius 3 is 2.69 bits per heavy atom. The van der Waals surface area contributed by atoms with Gasteiger partial charge < -0.3 is 10.6 Å². The van der Waals surface area contributed by atoms with Gasteiger partial charge in [0.2, 0.25) is 5.91 Å². The molecule has 0 radical (unpaired) electrons. The number of benzene rings is 1. The van der Waals surface area contributed by atoms with Crippen molar-refractivity contribution in [2.75, 3.05) is 6.54 Å². The summed E-state index contributed by atoms with van der Waals surface area (Å²) in [6.07, 6.45) is 2.16. The van der Waals surface area contributed by atoms with Gasteiger partial charge in [0.15, 0.2) is 0 Å². The first-order valence-electron chi connectivity index (χ1n) is 5.45. The second kappa shape index (κ2) is 4.85. The van der Waals surface area contributed by atoms with Crippen molar-refractivity contribution in [1.82, 2.24) is 4.90 Å². The van der Waals surface area contributed by atoms with E-state index in [1.165, 1.54) is 0 Å². The summed E-state index contributed by atoms with van der Waals surface area (Å²) in [5, 5.41) is 0.706. The fraction of sp³-hybridized carbons (Fsp3) is 0.417. The predicted octanol–water partition coefficient (Wildman–Crippen LogP) is 1.79. The molecule has 1 aromatic carbocycles. The molecule has 1 aromatic rings. The van der Waals surface area contributed by atoms with E-state index in [2.05, 4.69) is 0 Å². The number of nitrogens with zero attached hydrogens (tertiary/aromatic N) is 1. The molecule has 86 valence electrons. The highest BCUT2D eigenvalue weighted by Crippen LogP contribution is 2.29. The van der Waals surface area contributed by atoms with Crippen molar-refractivity contribution >= 4 is 17.5 Å². The molecule has 0 aromatic heterocycles.